The normalized spacial score (nSPS) is 15.0. The number of carbonyl (C=O) groups is 2. The number of hydrogen-bond donors (Lipinski definition) is 1. The zero-order valence-corrected chi connectivity index (χ0v) is 20.0. The average Bonchev–Trinajstić information content (AvgIpc) is 3.32. The molecule has 4 rings (SSSR count). The molecule has 0 aliphatic carbocycles. The monoisotopic (exact) mass is 460 g/mol. The highest BCUT2D eigenvalue weighted by Gasteiger charge is 2.33. The van der Waals surface area contributed by atoms with Gasteiger partial charge in [0.2, 0.25) is 5.91 Å². The van der Waals surface area contributed by atoms with Crippen LogP contribution >= 0.6 is 0 Å². The Morgan fingerprint density at radius 2 is 1.68 bits per heavy atom. The van der Waals surface area contributed by atoms with Gasteiger partial charge in [-0.05, 0) is 43.7 Å². The van der Waals surface area contributed by atoms with E-state index < -0.39 is 0 Å². The zero-order chi connectivity index (χ0) is 24.1. The van der Waals surface area contributed by atoms with Gasteiger partial charge in [-0.2, -0.15) is 0 Å². The first-order valence-electron chi connectivity index (χ1n) is 11.6. The number of aryl methyl sites for hydroxylation is 2. The SMILES string of the molecule is COCCN(CC(=O)N1CCn2cccc2C1c1ccc(C)cc1)C(=O)Nc1ccc(C)cc1. The van der Waals surface area contributed by atoms with Crippen LogP contribution in [-0.2, 0) is 16.1 Å². The fourth-order valence-corrected chi connectivity index (χ4v) is 4.30. The highest BCUT2D eigenvalue weighted by atomic mass is 16.5. The lowest BCUT2D eigenvalue weighted by Gasteiger charge is -2.38. The Kier molecular flexibility index (Phi) is 7.33. The van der Waals surface area contributed by atoms with E-state index in [0.29, 0.717) is 25.4 Å². The second-order valence-corrected chi connectivity index (χ2v) is 8.74. The van der Waals surface area contributed by atoms with Gasteiger partial charge in [-0.3, -0.25) is 4.79 Å². The number of carbonyl (C=O) groups excluding carboxylic acids is 2. The molecule has 34 heavy (non-hydrogen) atoms. The van der Waals surface area contributed by atoms with Crippen molar-refractivity contribution in [3.63, 3.8) is 0 Å². The Hall–Kier alpha value is -3.58. The maximum atomic E-state index is 13.6. The van der Waals surface area contributed by atoms with Crippen molar-refractivity contribution in [2.24, 2.45) is 0 Å². The van der Waals surface area contributed by atoms with E-state index in [1.165, 1.54) is 10.5 Å². The second kappa shape index (κ2) is 10.6. The molecule has 7 heteroatoms. The number of nitrogens with one attached hydrogen (secondary N) is 1. The standard InChI is InChI=1S/C27H32N4O3/c1-20-6-10-22(11-7-20)26-24-5-4-14-29(24)15-16-31(26)25(32)19-30(17-18-34-3)27(33)28-23-12-8-21(2)9-13-23/h4-14,26H,15-19H2,1-3H3,(H,28,33). The molecule has 0 saturated carbocycles. The smallest absolute Gasteiger partial charge is 0.322 e. The number of rotatable bonds is 7. The van der Waals surface area contributed by atoms with Gasteiger partial charge in [0.15, 0.2) is 0 Å². The van der Waals surface area contributed by atoms with E-state index in [1.54, 1.807) is 7.11 Å². The van der Waals surface area contributed by atoms with Crippen LogP contribution in [0.25, 0.3) is 0 Å². The molecular formula is C27H32N4O3. The summed E-state index contributed by atoms with van der Waals surface area (Å²) in [4.78, 5) is 30.1. The molecule has 1 atom stereocenters. The van der Waals surface area contributed by atoms with Crippen molar-refractivity contribution in [1.29, 1.82) is 0 Å². The van der Waals surface area contributed by atoms with E-state index in [4.69, 9.17) is 4.74 Å². The lowest BCUT2D eigenvalue weighted by Crippen LogP contribution is -2.49. The number of fused-ring (bicyclic) bond motifs is 1. The van der Waals surface area contributed by atoms with Crippen molar-refractivity contribution in [3.8, 4) is 0 Å². The average molecular weight is 461 g/mol. The summed E-state index contributed by atoms with van der Waals surface area (Å²) in [5.41, 5.74) is 5.12. The molecule has 2 aromatic carbocycles. The molecule has 1 aromatic heterocycles. The van der Waals surface area contributed by atoms with Gasteiger partial charge in [0, 0.05) is 44.3 Å². The van der Waals surface area contributed by atoms with Gasteiger partial charge >= 0.3 is 6.03 Å². The van der Waals surface area contributed by atoms with Crippen molar-refractivity contribution in [3.05, 3.63) is 89.2 Å². The van der Waals surface area contributed by atoms with Crippen molar-refractivity contribution < 1.29 is 14.3 Å². The predicted molar refractivity (Wildman–Crippen MR) is 133 cm³/mol. The van der Waals surface area contributed by atoms with Crippen LogP contribution in [0.15, 0.2) is 66.9 Å². The topological polar surface area (TPSA) is 66.8 Å². The molecule has 0 saturated heterocycles. The maximum absolute atomic E-state index is 13.6. The Balaban J connectivity index is 1.55. The summed E-state index contributed by atoms with van der Waals surface area (Å²) in [5, 5.41) is 2.90. The third-order valence-corrected chi connectivity index (χ3v) is 6.23. The van der Waals surface area contributed by atoms with Gasteiger partial charge in [0.1, 0.15) is 6.54 Å². The largest absolute Gasteiger partial charge is 0.383 e. The van der Waals surface area contributed by atoms with Crippen molar-refractivity contribution >= 4 is 17.6 Å². The molecule has 3 aromatic rings. The number of amides is 3. The van der Waals surface area contributed by atoms with Crippen LogP contribution in [0.3, 0.4) is 0 Å². The van der Waals surface area contributed by atoms with Gasteiger partial charge in [-0.25, -0.2) is 4.79 Å². The number of anilines is 1. The molecule has 0 bridgehead atoms. The molecule has 0 radical (unpaired) electrons. The molecule has 178 valence electrons. The molecule has 2 heterocycles. The highest BCUT2D eigenvalue weighted by molar-refractivity contribution is 5.92. The Morgan fingerprint density at radius 1 is 1.00 bits per heavy atom. The Labute approximate surface area is 200 Å². The molecule has 0 fully saturated rings. The predicted octanol–water partition coefficient (Wildman–Crippen LogP) is 4.22. The van der Waals surface area contributed by atoms with Crippen LogP contribution in [0.1, 0.15) is 28.4 Å². The van der Waals surface area contributed by atoms with E-state index >= 15 is 0 Å². The summed E-state index contributed by atoms with van der Waals surface area (Å²) in [6.07, 6.45) is 2.05. The van der Waals surface area contributed by atoms with Crippen molar-refractivity contribution in [2.45, 2.75) is 26.4 Å². The number of nitrogens with zero attached hydrogens (tertiary/aromatic N) is 3. The molecular weight excluding hydrogens is 428 g/mol. The zero-order valence-electron chi connectivity index (χ0n) is 20.0. The van der Waals surface area contributed by atoms with E-state index in [-0.39, 0.29) is 24.5 Å². The van der Waals surface area contributed by atoms with E-state index in [9.17, 15) is 9.59 Å². The maximum Gasteiger partial charge on any atom is 0.322 e. The second-order valence-electron chi connectivity index (χ2n) is 8.74. The van der Waals surface area contributed by atoms with E-state index in [1.807, 2.05) is 42.2 Å². The first-order chi connectivity index (χ1) is 16.5. The molecule has 1 aliphatic rings. The first-order valence-corrected chi connectivity index (χ1v) is 11.6. The summed E-state index contributed by atoms with van der Waals surface area (Å²) in [6.45, 7) is 5.99. The molecule has 1 unspecified atom stereocenters. The number of urea groups is 1. The van der Waals surface area contributed by atoms with Gasteiger partial charge in [0.25, 0.3) is 0 Å². The van der Waals surface area contributed by atoms with E-state index in [0.717, 1.165) is 23.4 Å². The van der Waals surface area contributed by atoms with Crippen molar-refractivity contribution in [1.82, 2.24) is 14.4 Å². The lowest BCUT2D eigenvalue weighted by molar-refractivity contribution is -0.134. The number of benzene rings is 2. The van der Waals surface area contributed by atoms with Crippen LogP contribution < -0.4 is 5.32 Å². The van der Waals surface area contributed by atoms with E-state index in [2.05, 4.69) is 53.3 Å². The highest BCUT2D eigenvalue weighted by Crippen LogP contribution is 2.32. The summed E-state index contributed by atoms with van der Waals surface area (Å²) >= 11 is 0. The third kappa shape index (κ3) is 5.31. The molecule has 7 nitrogen and oxygen atoms in total. The van der Waals surface area contributed by atoms with Crippen LogP contribution in [0, 0.1) is 13.8 Å². The molecule has 1 aliphatic heterocycles. The lowest BCUT2D eigenvalue weighted by atomic mass is 9.98. The third-order valence-electron chi connectivity index (χ3n) is 6.23. The fraction of sp³-hybridized carbons (Fsp3) is 0.333. The van der Waals surface area contributed by atoms with Crippen molar-refractivity contribution in [2.75, 3.05) is 38.7 Å². The minimum Gasteiger partial charge on any atom is -0.383 e. The summed E-state index contributed by atoms with van der Waals surface area (Å²) < 4.78 is 7.40. The Morgan fingerprint density at radius 3 is 2.35 bits per heavy atom. The number of ether oxygens (including phenoxy) is 1. The van der Waals surface area contributed by atoms with Gasteiger partial charge < -0.3 is 24.4 Å². The quantitative estimate of drug-likeness (QED) is 0.574. The first kappa shape index (κ1) is 23.6. The minimum atomic E-state index is -0.318. The summed E-state index contributed by atoms with van der Waals surface area (Å²) in [5.74, 6) is -0.0896. The van der Waals surface area contributed by atoms with Gasteiger partial charge in [-0.15, -0.1) is 0 Å². The molecule has 0 spiro atoms. The minimum absolute atomic E-state index is 0.0237. The van der Waals surface area contributed by atoms with Gasteiger partial charge in [0.05, 0.1) is 12.6 Å². The number of hydrogen-bond acceptors (Lipinski definition) is 3. The van der Waals surface area contributed by atoms with Crippen LogP contribution in [-0.4, -0.2) is 59.7 Å². The van der Waals surface area contributed by atoms with Crippen LogP contribution in [0.4, 0.5) is 10.5 Å². The molecule has 1 N–H and O–H groups in total. The Bertz CT molecular complexity index is 1120. The number of methoxy groups -OCH3 is 1. The van der Waals surface area contributed by atoms with Crippen LogP contribution in [0.5, 0.6) is 0 Å². The molecule has 3 amide bonds. The number of aromatic nitrogens is 1. The summed E-state index contributed by atoms with van der Waals surface area (Å²) in [7, 11) is 1.59. The van der Waals surface area contributed by atoms with Gasteiger partial charge in [-0.1, -0.05) is 47.5 Å². The summed E-state index contributed by atoms with van der Waals surface area (Å²) in [6, 6.07) is 19.5. The fourth-order valence-electron chi connectivity index (χ4n) is 4.30. The van der Waals surface area contributed by atoms with Crippen LogP contribution in [0.2, 0.25) is 0 Å².